The van der Waals surface area contributed by atoms with Gasteiger partial charge in [-0.2, -0.15) is 5.10 Å². The summed E-state index contributed by atoms with van der Waals surface area (Å²) in [4.78, 5) is 12.1. The van der Waals surface area contributed by atoms with Gasteiger partial charge in [0.2, 0.25) is 5.91 Å². The Balaban J connectivity index is 1.52. The molecule has 0 unspecified atom stereocenters. The number of thioether (sulfide) groups is 1. The Bertz CT molecular complexity index is 1020. The third-order valence-electron chi connectivity index (χ3n) is 4.82. The van der Waals surface area contributed by atoms with Crippen LogP contribution in [-0.4, -0.2) is 29.6 Å². The molecule has 5 nitrogen and oxygen atoms in total. The van der Waals surface area contributed by atoms with Crippen LogP contribution < -0.4 is 10.2 Å². The van der Waals surface area contributed by atoms with Crippen LogP contribution >= 0.6 is 11.8 Å². The number of rotatable bonds is 8. The van der Waals surface area contributed by atoms with E-state index in [-0.39, 0.29) is 5.91 Å². The first-order chi connectivity index (χ1) is 14.5. The number of benzene rings is 2. The van der Waals surface area contributed by atoms with E-state index in [1.54, 1.807) is 25.1 Å². The van der Waals surface area contributed by atoms with E-state index in [4.69, 9.17) is 4.74 Å². The van der Waals surface area contributed by atoms with Crippen molar-refractivity contribution in [2.45, 2.75) is 26.5 Å². The molecule has 0 bridgehead atoms. The average molecular weight is 422 g/mol. The molecule has 1 heterocycles. The molecule has 1 aromatic heterocycles. The van der Waals surface area contributed by atoms with Gasteiger partial charge >= 0.3 is 0 Å². The van der Waals surface area contributed by atoms with Gasteiger partial charge in [-0.25, -0.2) is 5.43 Å². The number of aromatic nitrogens is 1. The molecule has 1 amide bonds. The van der Waals surface area contributed by atoms with Gasteiger partial charge in [0.1, 0.15) is 5.75 Å². The normalized spacial score (nSPS) is 11.1. The van der Waals surface area contributed by atoms with Crippen molar-refractivity contribution in [3.8, 4) is 11.4 Å². The van der Waals surface area contributed by atoms with Crippen LogP contribution in [0.3, 0.4) is 0 Å². The molecule has 0 spiro atoms. The Morgan fingerprint density at radius 3 is 2.47 bits per heavy atom. The molecule has 1 N–H and O–H groups in total. The highest BCUT2D eigenvalue weighted by Gasteiger charge is 2.09. The number of hydrogen-bond donors (Lipinski definition) is 1. The first-order valence-electron chi connectivity index (χ1n) is 9.76. The summed E-state index contributed by atoms with van der Waals surface area (Å²) in [6, 6.07) is 18.4. The summed E-state index contributed by atoms with van der Waals surface area (Å²) in [6.45, 7) is 6.20. The highest BCUT2D eigenvalue weighted by atomic mass is 32.2. The largest absolute Gasteiger partial charge is 0.497 e. The fourth-order valence-corrected chi connectivity index (χ4v) is 3.98. The van der Waals surface area contributed by atoms with Crippen LogP contribution in [0.2, 0.25) is 0 Å². The van der Waals surface area contributed by atoms with Crippen molar-refractivity contribution in [3.05, 3.63) is 82.7 Å². The summed E-state index contributed by atoms with van der Waals surface area (Å²) in [5, 5.41) is 4.15. The van der Waals surface area contributed by atoms with Crippen LogP contribution in [0.25, 0.3) is 5.69 Å². The van der Waals surface area contributed by atoms with Crippen LogP contribution in [0.15, 0.2) is 59.7 Å². The molecule has 0 saturated carbocycles. The number of ether oxygens (including phenoxy) is 1. The molecular formula is C24H27N3O2S. The van der Waals surface area contributed by atoms with Crippen molar-refractivity contribution in [1.29, 1.82) is 0 Å². The number of methoxy groups -OCH3 is 1. The lowest BCUT2D eigenvalue weighted by atomic mass is 10.2. The van der Waals surface area contributed by atoms with Crippen LogP contribution in [-0.2, 0) is 10.5 Å². The maximum atomic E-state index is 12.1. The molecule has 0 saturated heterocycles. The minimum atomic E-state index is -0.114. The predicted molar refractivity (Wildman–Crippen MR) is 125 cm³/mol. The monoisotopic (exact) mass is 421 g/mol. The van der Waals surface area contributed by atoms with Crippen LogP contribution in [0, 0.1) is 20.8 Å². The number of aryl methyl sites for hydroxylation is 2. The molecule has 0 aliphatic carbocycles. The van der Waals surface area contributed by atoms with Gasteiger partial charge in [-0.3, -0.25) is 4.79 Å². The van der Waals surface area contributed by atoms with Gasteiger partial charge in [0.25, 0.3) is 0 Å². The van der Waals surface area contributed by atoms with Crippen molar-refractivity contribution in [1.82, 2.24) is 9.99 Å². The van der Waals surface area contributed by atoms with Crippen LogP contribution in [0.4, 0.5) is 0 Å². The van der Waals surface area contributed by atoms with Crippen molar-refractivity contribution in [3.63, 3.8) is 0 Å². The SMILES string of the molecule is COc1ccc(CSCC(=O)N/N=C\c2cc(C)n(-c3ccc(C)cc3)c2C)cc1. The zero-order chi connectivity index (χ0) is 21.5. The molecule has 0 aliphatic heterocycles. The molecule has 0 radical (unpaired) electrons. The standard InChI is InChI=1S/C24H27N3O2S/c1-17-5-9-22(10-6-17)27-18(2)13-21(19(27)3)14-25-26-24(28)16-30-15-20-7-11-23(29-4)12-8-20/h5-14H,15-16H2,1-4H3,(H,26,28)/b25-14-. The fourth-order valence-electron chi connectivity index (χ4n) is 3.20. The number of hydrazone groups is 1. The Hall–Kier alpha value is -2.99. The minimum absolute atomic E-state index is 0.114. The van der Waals surface area contributed by atoms with E-state index < -0.39 is 0 Å². The highest BCUT2D eigenvalue weighted by molar-refractivity contribution is 7.99. The van der Waals surface area contributed by atoms with Crippen molar-refractivity contribution >= 4 is 23.9 Å². The summed E-state index contributed by atoms with van der Waals surface area (Å²) in [5.41, 5.74) is 9.32. The summed E-state index contributed by atoms with van der Waals surface area (Å²) in [6.07, 6.45) is 1.71. The molecule has 6 heteroatoms. The number of carbonyl (C=O) groups excluding carboxylic acids is 1. The van der Waals surface area contributed by atoms with E-state index in [9.17, 15) is 4.79 Å². The van der Waals surface area contributed by atoms with Crippen LogP contribution in [0.1, 0.15) is 28.1 Å². The maximum absolute atomic E-state index is 12.1. The third kappa shape index (κ3) is 5.54. The number of nitrogens with zero attached hydrogens (tertiary/aromatic N) is 2. The molecule has 2 aromatic carbocycles. The number of amides is 1. The van der Waals surface area contributed by atoms with Crippen LogP contribution in [0.5, 0.6) is 5.75 Å². The summed E-state index contributed by atoms with van der Waals surface area (Å²) < 4.78 is 7.34. The van der Waals surface area contributed by atoms with Crippen molar-refractivity contribution in [2.75, 3.05) is 12.9 Å². The Labute approximate surface area is 182 Å². The molecule has 3 aromatic rings. The zero-order valence-corrected chi connectivity index (χ0v) is 18.6. The van der Waals surface area contributed by atoms with Gasteiger partial charge in [0.15, 0.2) is 0 Å². The second-order valence-corrected chi connectivity index (χ2v) is 8.12. The molecule has 30 heavy (non-hydrogen) atoms. The molecule has 0 fully saturated rings. The van der Waals surface area contributed by atoms with E-state index in [1.807, 2.05) is 24.3 Å². The molecule has 3 rings (SSSR count). The van der Waals surface area contributed by atoms with E-state index >= 15 is 0 Å². The lowest BCUT2D eigenvalue weighted by molar-refractivity contribution is -0.118. The summed E-state index contributed by atoms with van der Waals surface area (Å²) in [5.74, 6) is 1.83. The minimum Gasteiger partial charge on any atom is -0.497 e. The zero-order valence-electron chi connectivity index (χ0n) is 17.8. The van der Waals surface area contributed by atoms with Gasteiger partial charge in [-0.1, -0.05) is 29.8 Å². The Morgan fingerprint density at radius 2 is 1.80 bits per heavy atom. The Kier molecular flexibility index (Phi) is 7.36. The van der Waals surface area contributed by atoms with Gasteiger partial charge in [-0.05, 0) is 56.7 Å². The lowest BCUT2D eigenvalue weighted by Gasteiger charge is -2.09. The molecule has 0 aliphatic rings. The number of hydrogen-bond acceptors (Lipinski definition) is 4. The Morgan fingerprint density at radius 1 is 1.10 bits per heavy atom. The first-order valence-corrected chi connectivity index (χ1v) is 10.9. The van der Waals surface area contributed by atoms with E-state index in [0.29, 0.717) is 5.75 Å². The summed E-state index contributed by atoms with van der Waals surface area (Å²) >= 11 is 1.55. The molecule has 156 valence electrons. The number of nitrogens with one attached hydrogen (secondary N) is 1. The first kappa shape index (κ1) is 21.7. The van der Waals surface area contributed by atoms with Crippen molar-refractivity contribution < 1.29 is 9.53 Å². The number of carbonyl (C=O) groups is 1. The van der Waals surface area contributed by atoms with Crippen molar-refractivity contribution in [2.24, 2.45) is 5.10 Å². The fraction of sp³-hybridized carbons (Fsp3) is 0.250. The quantitative estimate of drug-likeness (QED) is 0.420. The van der Waals surface area contributed by atoms with Gasteiger partial charge in [-0.15, -0.1) is 11.8 Å². The second kappa shape index (κ2) is 10.2. The highest BCUT2D eigenvalue weighted by Crippen LogP contribution is 2.20. The van der Waals surface area contributed by atoms with E-state index in [1.165, 1.54) is 5.56 Å². The van der Waals surface area contributed by atoms with Gasteiger partial charge < -0.3 is 9.30 Å². The average Bonchev–Trinajstić information content (AvgIpc) is 3.02. The van der Waals surface area contributed by atoms with E-state index in [0.717, 1.165) is 39.7 Å². The lowest BCUT2D eigenvalue weighted by Crippen LogP contribution is -2.19. The summed E-state index contributed by atoms with van der Waals surface area (Å²) in [7, 11) is 1.65. The molecule has 0 atom stereocenters. The van der Waals surface area contributed by atoms with E-state index in [2.05, 4.69) is 66.2 Å². The molecular weight excluding hydrogens is 394 g/mol. The third-order valence-corrected chi connectivity index (χ3v) is 5.82. The predicted octanol–water partition coefficient (Wildman–Crippen LogP) is 4.79. The second-order valence-electron chi connectivity index (χ2n) is 7.13. The smallest absolute Gasteiger partial charge is 0.250 e. The van der Waals surface area contributed by atoms with Gasteiger partial charge in [0.05, 0.1) is 19.1 Å². The maximum Gasteiger partial charge on any atom is 0.250 e. The van der Waals surface area contributed by atoms with Gasteiger partial charge in [0, 0.05) is 28.4 Å². The topological polar surface area (TPSA) is 55.6 Å².